The fraction of sp³-hybridized carbons (Fsp3) is 0.929. The Bertz CT molecular complexity index is 176. The summed E-state index contributed by atoms with van der Waals surface area (Å²) < 4.78 is 5.50. The van der Waals surface area contributed by atoms with Crippen molar-refractivity contribution in [2.75, 3.05) is 13.2 Å². The Morgan fingerprint density at radius 3 is 2.44 bits per heavy atom. The van der Waals surface area contributed by atoms with Crippen molar-refractivity contribution in [3.05, 3.63) is 0 Å². The SMILES string of the molecule is CCCCC(CC)COCC(=O)CC(C)C. The molecule has 0 amide bonds. The molecule has 0 aliphatic carbocycles. The lowest BCUT2D eigenvalue weighted by molar-refractivity contribution is -0.124. The molecule has 0 N–H and O–H groups in total. The van der Waals surface area contributed by atoms with Crippen LogP contribution in [0.4, 0.5) is 0 Å². The molecular formula is C14H28O2. The van der Waals surface area contributed by atoms with Gasteiger partial charge in [-0.15, -0.1) is 0 Å². The van der Waals surface area contributed by atoms with Gasteiger partial charge in [-0.1, -0.05) is 47.0 Å². The van der Waals surface area contributed by atoms with Crippen molar-refractivity contribution in [3.8, 4) is 0 Å². The molecule has 0 aromatic heterocycles. The Balaban J connectivity index is 3.57. The summed E-state index contributed by atoms with van der Waals surface area (Å²) in [5, 5.41) is 0. The number of hydrogen-bond acceptors (Lipinski definition) is 2. The van der Waals surface area contributed by atoms with Crippen LogP contribution in [0.15, 0.2) is 0 Å². The van der Waals surface area contributed by atoms with Crippen LogP contribution in [0, 0.1) is 11.8 Å². The summed E-state index contributed by atoms with van der Waals surface area (Å²) >= 11 is 0. The van der Waals surface area contributed by atoms with Gasteiger partial charge in [-0.05, 0) is 18.3 Å². The van der Waals surface area contributed by atoms with Gasteiger partial charge >= 0.3 is 0 Å². The molecule has 0 saturated heterocycles. The van der Waals surface area contributed by atoms with Gasteiger partial charge in [-0.2, -0.15) is 0 Å². The van der Waals surface area contributed by atoms with E-state index in [4.69, 9.17) is 4.74 Å². The van der Waals surface area contributed by atoms with Crippen molar-refractivity contribution < 1.29 is 9.53 Å². The van der Waals surface area contributed by atoms with E-state index >= 15 is 0 Å². The van der Waals surface area contributed by atoms with Gasteiger partial charge in [0.2, 0.25) is 0 Å². The number of ether oxygens (including phenoxy) is 1. The molecule has 0 radical (unpaired) electrons. The lowest BCUT2D eigenvalue weighted by Gasteiger charge is -2.14. The number of carbonyl (C=O) groups is 1. The summed E-state index contributed by atoms with van der Waals surface area (Å²) in [6.45, 7) is 9.59. The largest absolute Gasteiger partial charge is 0.373 e. The average Bonchev–Trinajstić information content (AvgIpc) is 2.22. The first-order chi connectivity index (χ1) is 7.60. The van der Waals surface area contributed by atoms with Crippen LogP contribution in [0.2, 0.25) is 0 Å². The molecule has 16 heavy (non-hydrogen) atoms. The van der Waals surface area contributed by atoms with Gasteiger partial charge in [0, 0.05) is 13.0 Å². The number of hydrogen-bond donors (Lipinski definition) is 0. The molecular weight excluding hydrogens is 200 g/mol. The second kappa shape index (κ2) is 9.83. The van der Waals surface area contributed by atoms with Crippen LogP contribution in [0.1, 0.15) is 59.8 Å². The Morgan fingerprint density at radius 1 is 1.25 bits per heavy atom. The molecule has 1 atom stereocenters. The normalized spacial score (nSPS) is 13.1. The van der Waals surface area contributed by atoms with Crippen LogP contribution < -0.4 is 0 Å². The van der Waals surface area contributed by atoms with Gasteiger partial charge in [0.15, 0.2) is 5.78 Å². The van der Waals surface area contributed by atoms with Crippen LogP contribution in [0.3, 0.4) is 0 Å². The molecule has 0 rings (SSSR count). The lowest BCUT2D eigenvalue weighted by Crippen LogP contribution is -2.16. The summed E-state index contributed by atoms with van der Waals surface area (Å²) in [6, 6.07) is 0. The topological polar surface area (TPSA) is 26.3 Å². The van der Waals surface area contributed by atoms with Crippen LogP contribution in [0.5, 0.6) is 0 Å². The number of unbranched alkanes of at least 4 members (excludes halogenated alkanes) is 1. The minimum Gasteiger partial charge on any atom is -0.373 e. The van der Waals surface area contributed by atoms with E-state index in [1.165, 1.54) is 19.3 Å². The second-order valence-electron chi connectivity index (χ2n) is 5.07. The maximum absolute atomic E-state index is 11.4. The van der Waals surface area contributed by atoms with Crippen molar-refractivity contribution in [1.82, 2.24) is 0 Å². The van der Waals surface area contributed by atoms with E-state index in [9.17, 15) is 4.79 Å². The maximum atomic E-state index is 11.4. The number of Topliss-reactive ketones (excluding diaryl/α,β-unsaturated/α-hetero) is 1. The molecule has 0 spiro atoms. The molecule has 0 aromatic rings. The lowest BCUT2D eigenvalue weighted by atomic mass is 10.0. The summed E-state index contributed by atoms with van der Waals surface area (Å²) in [5.41, 5.74) is 0. The fourth-order valence-electron chi connectivity index (χ4n) is 1.75. The molecule has 0 aliphatic heterocycles. The molecule has 0 aromatic carbocycles. The van der Waals surface area contributed by atoms with Crippen molar-refractivity contribution in [3.63, 3.8) is 0 Å². The minimum atomic E-state index is 0.236. The van der Waals surface area contributed by atoms with Crippen molar-refractivity contribution >= 4 is 5.78 Å². The molecule has 0 bridgehead atoms. The fourth-order valence-corrected chi connectivity index (χ4v) is 1.75. The summed E-state index contributed by atoms with van der Waals surface area (Å²) in [7, 11) is 0. The van der Waals surface area contributed by atoms with E-state index in [0.29, 0.717) is 24.9 Å². The summed E-state index contributed by atoms with van der Waals surface area (Å²) in [5.74, 6) is 1.31. The zero-order valence-electron chi connectivity index (χ0n) is 11.4. The maximum Gasteiger partial charge on any atom is 0.158 e. The standard InChI is InChI=1S/C14H28O2/c1-5-7-8-13(6-2)10-16-11-14(15)9-12(3)4/h12-13H,5-11H2,1-4H3. The average molecular weight is 228 g/mol. The van der Waals surface area contributed by atoms with Crippen molar-refractivity contribution in [2.45, 2.75) is 59.8 Å². The van der Waals surface area contributed by atoms with Crippen molar-refractivity contribution in [2.24, 2.45) is 11.8 Å². The Labute approximate surface area is 101 Å². The highest BCUT2D eigenvalue weighted by Crippen LogP contribution is 2.13. The van der Waals surface area contributed by atoms with E-state index in [-0.39, 0.29) is 5.78 Å². The molecule has 0 fully saturated rings. The van der Waals surface area contributed by atoms with Gasteiger partial charge in [0.25, 0.3) is 0 Å². The zero-order chi connectivity index (χ0) is 12.4. The summed E-state index contributed by atoms with van der Waals surface area (Å²) in [4.78, 5) is 11.4. The van der Waals surface area contributed by atoms with E-state index in [1.807, 2.05) is 0 Å². The summed E-state index contributed by atoms with van der Waals surface area (Å²) in [6.07, 6.45) is 5.53. The zero-order valence-corrected chi connectivity index (χ0v) is 11.4. The Kier molecular flexibility index (Phi) is 9.60. The van der Waals surface area contributed by atoms with Crippen LogP contribution in [-0.2, 0) is 9.53 Å². The quantitative estimate of drug-likeness (QED) is 0.568. The first-order valence-electron chi connectivity index (χ1n) is 6.69. The molecule has 2 heteroatoms. The number of carbonyl (C=O) groups excluding carboxylic acids is 1. The smallest absolute Gasteiger partial charge is 0.158 e. The third kappa shape index (κ3) is 8.90. The molecule has 1 unspecified atom stereocenters. The van der Waals surface area contributed by atoms with E-state index in [0.717, 1.165) is 13.0 Å². The van der Waals surface area contributed by atoms with Gasteiger partial charge in [-0.3, -0.25) is 4.79 Å². The van der Waals surface area contributed by atoms with Crippen LogP contribution in [-0.4, -0.2) is 19.0 Å². The Morgan fingerprint density at radius 2 is 1.94 bits per heavy atom. The first-order valence-corrected chi connectivity index (χ1v) is 6.69. The number of ketones is 1. The third-order valence-electron chi connectivity index (χ3n) is 2.80. The van der Waals surface area contributed by atoms with E-state index < -0.39 is 0 Å². The number of rotatable bonds is 10. The van der Waals surface area contributed by atoms with Crippen LogP contribution in [0.25, 0.3) is 0 Å². The first kappa shape index (κ1) is 15.6. The van der Waals surface area contributed by atoms with Gasteiger partial charge in [0.1, 0.15) is 6.61 Å². The third-order valence-corrected chi connectivity index (χ3v) is 2.80. The highest BCUT2D eigenvalue weighted by Gasteiger charge is 2.09. The van der Waals surface area contributed by atoms with Gasteiger partial charge in [-0.25, -0.2) is 0 Å². The highest BCUT2D eigenvalue weighted by molar-refractivity contribution is 5.79. The van der Waals surface area contributed by atoms with E-state index in [2.05, 4.69) is 27.7 Å². The van der Waals surface area contributed by atoms with Gasteiger partial charge in [0.05, 0.1) is 0 Å². The predicted octanol–water partition coefficient (Wildman–Crippen LogP) is 3.83. The minimum absolute atomic E-state index is 0.236. The van der Waals surface area contributed by atoms with E-state index in [1.54, 1.807) is 0 Å². The van der Waals surface area contributed by atoms with Crippen LogP contribution >= 0.6 is 0 Å². The molecule has 0 saturated carbocycles. The molecule has 0 aliphatic rings. The Hall–Kier alpha value is -0.370. The monoisotopic (exact) mass is 228 g/mol. The molecule has 2 nitrogen and oxygen atoms in total. The van der Waals surface area contributed by atoms with Crippen molar-refractivity contribution in [1.29, 1.82) is 0 Å². The second-order valence-corrected chi connectivity index (χ2v) is 5.07. The molecule has 96 valence electrons. The molecule has 0 heterocycles. The van der Waals surface area contributed by atoms with Gasteiger partial charge < -0.3 is 4.74 Å². The highest BCUT2D eigenvalue weighted by atomic mass is 16.5. The predicted molar refractivity (Wildman–Crippen MR) is 68.6 cm³/mol.